The van der Waals surface area contributed by atoms with Crippen LogP contribution in [0, 0.1) is 0 Å². The van der Waals surface area contributed by atoms with Gasteiger partial charge in [0.1, 0.15) is 13.2 Å². The van der Waals surface area contributed by atoms with Crippen LogP contribution in [0.5, 0.6) is 0 Å². The van der Waals surface area contributed by atoms with Crippen molar-refractivity contribution in [1.82, 2.24) is 10.0 Å². The van der Waals surface area contributed by atoms with Crippen molar-refractivity contribution in [2.45, 2.75) is 0 Å². The molecule has 1 N–H and O–H groups in total. The molecule has 1 heterocycles. The molecule has 0 aromatic carbocycles. The summed E-state index contributed by atoms with van der Waals surface area (Å²) in [5.74, 6) is -0.417. The lowest BCUT2D eigenvalue weighted by Crippen LogP contribution is -2.27. The number of nitrogens with one attached hydrogen (secondary N) is 1. The van der Waals surface area contributed by atoms with Gasteiger partial charge < -0.3 is 9.30 Å². The average Bonchev–Trinajstić information content (AvgIpc) is 2.32. The van der Waals surface area contributed by atoms with Crippen molar-refractivity contribution in [2.75, 3.05) is 13.2 Å². The van der Waals surface area contributed by atoms with Gasteiger partial charge in [-0.15, -0.1) is 0 Å². The standard InChI is InChI=1S/C11H14N2O4/c1-3-16-6-7-17-12-11(15)9-4-5-10(14)13(2)8-9/h3-5,8H,1,6-7H2,2H3,(H,12,15). The monoisotopic (exact) mass is 238 g/mol. The molecule has 0 saturated carbocycles. The van der Waals surface area contributed by atoms with Crippen LogP contribution in [0.15, 0.2) is 36.0 Å². The largest absolute Gasteiger partial charge is 0.499 e. The first-order valence-electron chi connectivity index (χ1n) is 4.96. The molecule has 0 aliphatic carbocycles. The number of carbonyl (C=O) groups is 1. The van der Waals surface area contributed by atoms with Crippen molar-refractivity contribution >= 4 is 5.91 Å². The second-order valence-electron chi connectivity index (χ2n) is 3.18. The third-order valence-electron chi connectivity index (χ3n) is 1.93. The number of rotatable bonds is 6. The summed E-state index contributed by atoms with van der Waals surface area (Å²) in [5, 5.41) is 0. The van der Waals surface area contributed by atoms with E-state index in [9.17, 15) is 9.59 Å². The van der Waals surface area contributed by atoms with Crippen LogP contribution >= 0.6 is 0 Å². The van der Waals surface area contributed by atoms with Crippen LogP contribution in [-0.4, -0.2) is 23.7 Å². The van der Waals surface area contributed by atoms with Crippen LogP contribution in [-0.2, 0) is 16.6 Å². The predicted octanol–water partition coefficient (Wildman–Crippen LogP) is 0.207. The molecule has 0 radical (unpaired) electrons. The number of amides is 1. The summed E-state index contributed by atoms with van der Waals surface area (Å²) in [5.41, 5.74) is 2.40. The average molecular weight is 238 g/mol. The molecule has 0 fully saturated rings. The number of aromatic nitrogens is 1. The Morgan fingerprint density at radius 3 is 2.94 bits per heavy atom. The Labute approximate surface area is 98.4 Å². The van der Waals surface area contributed by atoms with Crippen LogP contribution in [0.25, 0.3) is 0 Å². The highest BCUT2D eigenvalue weighted by molar-refractivity contribution is 5.93. The van der Waals surface area contributed by atoms with Gasteiger partial charge in [-0.1, -0.05) is 6.58 Å². The molecule has 92 valence electrons. The molecule has 0 unspecified atom stereocenters. The minimum absolute atomic E-state index is 0.179. The Hall–Kier alpha value is -2.08. The Bertz CT molecular complexity index is 453. The number of hydrogen-bond donors (Lipinski definition) is 1. The number of pyridine rings is 1. The fourth-order valence-electron chi connectivity index (χ4n) is 1.08. The van der Waals surface area contributed by atoms with Gasteiger partial charge in [0, 0.05) is 19.3 Å². The molecule has 0 aliphatic rings. The summed E-state index contributed by atoms with van der Waals surface area (Å²) in [6, 6.07) is 2.75. The molecular formula is C11H14N2O4. The molecule has 1 rings (SSSR count). The van der Waals surface area contributed by atoms with Gasteiger partial charge >= 0.3 is 0 Å². The van der Waals surface area contributed by atoms with Crippen molar-refractivity contribution in [1.29, 1.82) is 0 Å². The summed E-state index contributed by atoms with van der Waals surface area (Å²) in [4.78, 5) is 27.5. The Morgan fingerprint density at radius 2 is 2.29 bits per heavy atom. The zero-order valence-corrected chi connectivity index (χ0v) is 9.51. The van der Waals surface area contributed by atoms with E-state index in [1.165, 1.54) is 29.2 Å². The third kappa shape index (κ3) is 4.12. The van der Waals surface area contributed by atoms with Gasteiger partial charge in [-0.2, -0.15) is 0 Å². The van der Waals surface area contributed by atoms with Crippen molar-refractivity contribution < 1.29 is 14.4 Å². The molecule has 0 bridgehead atoms. The number of aryl methyl sites for hydroxylation is 1. The maximum absolute atomic E-state index is 11.5. The van der Waals surface area contributed by atoms with Crippen LogP contribution in [0.4, 0.5) is 0 Å². The van der Waals surface area contributed by atoms with E-state index < -0.39 is 5.91 Å². The zero-order valence-electron chi connectivity index (χ0n) is 9.51. The van der Waals surface area contributed by atoms with Crippen LogP contribution in [0.1, 0.15) is 10.4 Å². The number of carbonyl (C=O) groups excluding carboxylic acids is 1. The van der Waals surface area contributed by atoms with Gasteiger partial charge in [0.05, 0.1) is 11.8 Å². The van der Waals surface area contributed by atoms with E-state index >= 15 is 0 Å². The first-order valence-corrected chi connectivity index (χ1v) is 4.96. The van der Waals surface area contributed by atoms with E-state index in [0.717, 1.165) is 0 Å². The number of nitrogens with zero attached hydrogens (tertiary/aromatic N) is 1. The lowest BCUT2D eigenvalue weighted by Gasteiger charge is -2.06. The van der Waals surface area contributed by atoms with Crippen LogP contribution < -0.4 is 11.0 Å². The predicted molar refractivity (Wildman–Crippen MR) is 61.3 cm³/mol. The molecule has 1 aromatic heterocycles. The van der Waals surface area contributed by atoms with Crippen LogP contribution in [0.2, 0.25) is 0 Å². The van der Waals surface area contributed by atoms with Crippen molar-refractivity contribution in [2.24, 2.45) is 7.05 Å². The van der Waals surface area contributed by atoms with E-state index in [0.29, 0.717) is 12.2 Å². The Balaban J connectivity index is 2.44. The molecule has 6 nitrogen and oxygen atoms in total. The van der Waals surface area contributed by atoms with E-state index in [1.807, 2.05) is 0 Å². The quantitative estimate of drug-likeness (QED) is 0.437. The molecule has 17 heavy (non-hydrogen) atoms. The second kappa shape index (κ2) is 6.49. The Kier molecular flexibility index (Phi) is 4.96. The highest BCUT2D eigenvalue weighted by Crippen LogP contribution is 1.94. The minimum atomic E-state index is -0.417. The molecule has 0 saturated heterocycles. The molecular weight excluding hydrogens is 224 g/mol. The fourth-order valence-corrected chi connectivity index (χ4v) is 1.08. The van der Waals surface area contributed by atoms with E-state index in [1.54, 1.807) is 7.05 Å². The first-order chi connectivity index (χ1) is 8.15. The van der Waals surface area contributed by atoms with E-state index in [4.69, 9.17) is 9.57 Å². The molecule has 0 atom stereocenters. The van der Waals surface area contributed by atoms with Crippen molar-refractivity contribution in [3.05, 3.63) is 47.1 Å². The highest BCUT2D eigenvalue weighted by Gasteiger charge is 2.05. The smallest absolute Gasteiger partial charge is 0.276 e. The fraction of sp³-hybridized carbons (Fsp3) is 0.273. The number of hydroxylamine groups is 1. The maximum Gasteiger partial charge on any atom is 0.276 e. The minimum Gasteiger partial charge on any atom is -0.499 e. The first kappa shape index (κ1) is 13.0. The van der Waals surface area contributed by atoms with Crippen molar-refractivity contribution in [3.8, 4) is 0 Å². The summed E-state index contributed by atoms with van der Waals surface area (Å²) in [6.45, 7) is 3.88. The van der Waals surface area contributed by atoms with Gasteiger partial charge in [-0.05, 0) is 6.07 Å². The summed E-state index contributed by atoms with van der Waals surface area (Å²) in [7, 11) is 1.57. The molecule has 6 heteroatoms. The van der Waals surface area contributed by atoms with Gasteiger partial charge in [0.15, 0.2) is 0 Å². The van der Waals surface area contributed by atoms with Gasteiger partial charge in [0.2, 0.25) is 5.56 Å². The lowest BCUT2D eigenvalue weighted by molar-refractivity contribution is 0.0144. The number of ether oxygens (including phenoxy) is 1. The SMILES string of the molecule is C=COCCONC(=O)c1ccc(=O)n(C)c1. The molecule has 1 amide bonds. The molecule has 1 aromatic rings. The highest BCUT2D eigenvalue weighted by atomic mass is 16.7. The summed E-state index contributed by atoms with van der Waals surface area (Å²) < 4.78 is 6.11. The molecule has 0 aliphatic heterocycles. The normalized spacial score (nSPS) is 9.71. The lowest BCUT2D eigenvalue weighted by atomic mass is 10.3. The summed E-state index contributed by atoms with van der Waals surface area (Å²) >= 11 is 0. The van der Waals surface area contributed by atoms with Gasteiger partial charge in [-0.25, -0.2) is 5.48 Å². The zero-order chi connectivity index (χ0) is 12.7. The third-order valence-corrected chi connectivity index (χ3v) is 1.93. The van der Waals surface area contributed by atoms with Gasteiger partial charge in [0.25, 0.3) is 5.91 Å². The number of hydrogen-bond acceptors (Lipinski definition) is 4. The van der Waals surface area contributed by atoms with Gasteiger partial charge in [-0.3, -0.25) is 14.4 Å². The van der Waals surface area contributed by atoms with Crippen molar-refractivity contribution in [3.63, 3.8) is 0 Å². The van der Waals surface area contributed by atoms with E-state index in [-0.39, 0.29) is 12.2 Å². The second-order valence-corrected chi connectivity index (χ2v) is 3.18. The Morgan fingerprint density at radius 1 is 1.53 bits per heavy atom. The maximum atomic E-state index is 11.5. The summed E-state index contributed by atoms with van der Waals surface area (Å²) in [6.07, 6.45) is 2.72. The topological polar surface area (TPSA) is 69.6 Å². The molecule has 0 spiro atoms. The van der Waals surface area contributed by atoms with E-state index in [2.05, 4.69) is 12.1 Å². The van der Waals surface area contributed by atoms with Crippen LogP contribution in [0.3, 0.4) is 0 Å².